The van der Waals surface area contributed by atoms with E-state index >= 15 is 0 Å². The van der Waals surface area contributed by atoms with E-state index in [0.29, 0.717) is 21.7 Å². The van der Waals surface area contributed by atoms with Gasteiger partial charge in [-0.15, -0.1) is 0 Å². The molecule has 2 heterocycles. The second-order valence-electron chi connectivity index (χ2n) is 6.99. The molecule has 0 bridgehead atoms. The minimum absolute atomic E-state index is 0.0212. The molecule has 0 fully saturated rings. The highest BCUT2D eigenvalue weighted by atomic mass is 35.5. The van der Waals surface area contributed by atoms with E-state index in [0.717, 1.165) is 16.5 Å². The van der Waals surface area contributed by atoms with Crippen LogP contribution in [0.1, 0.15) is 15.9 Å². The molecule has 158 valence electrons. The van der Waals surface area contributed by atoms with Crippen molar-refractivity contribution in [2.24, 2.45) is 0 Å². The van der Waals surface area contributed by atoms with Gasteiger partial charge in [-0.25, -0.2) is 14.6 Å². The smallest absolute Gasteiger partial charge is 0.339 e. The number of aromatic carboxylic acids is 1. The number of carboxylic acids is 2. The molecule has 2 aromatic carbocycles. The lowest BCUT2D eigenvalue weighted by atomic mass is 10.0. The molecule has 9 heteroatoms. The minimum atomic E-state index is -1.22. The van der Waals surface area contributed by atoms with Crippen molar-refractivity contribution in [2.45, 2.75) is 12.5 Å². The Balaban J connectivity index is 1.71. The number of nitrogens with one attached hydrogen (secondary N) is 2. The Hall–Kier alpha value is -3.78. The van der Waals surface area contributed by atoms with Gasteiger partial charge >= 0.3 is 11.9 Å². The van der Waals surface area contributed by atoms with Crippen LogP contribution < -0.4 is 10.1 Å². The third kappa shape index (κ3) is 4.10. The zero-order valence-electron chi connectivity index (χ0n) is 16.3. The minimum Gasteiger partial charge on any atom is -0.497 e. The zero-order chi connectivity index (χ0) is 22.1. The van der Waals surface area contributed by atoms with Gasteiger partial charge in [0.25, 0.3) is 0 Å². The Bertz CT molecular complexity index is 1320. The van der Waals surface area contributed by atoms with Gasteiger partial charge in [0.2, 0.25) is 0 Å². The van der Waals surface area contributed by atoms with Crippen LogP contribution in [0.5, 0.6) is 5.75 Å². The summed E-state index contributed by atoms with van der Waals surface area (Å²) < 4.78 is 5.26. The molecule has 1 unspecified atom stereocenters. The van der Waals surface area contributed by atoms with Gasteiger partial charge in [0, 0.05) is 33.9 Å². The Kier molecular flexibility index (Phi) is 5.39. The Morgan fingerprint density at radius 2 is 2.00 bits per heavy atom. The van der Waals surface area contributed by atoms with Gasteiger partial charge < -0.3 is 25.3 Å². The molecule has 8 nitrogen and oxygen atoms in total. The summed E-state index contributed by atoms with van der Waals surface area (Å²) in [7, 11) is 1.56. The number of nitrogens with zero attached hydrogens (tertiary/aromatic N) is 1. The summed E-state index contributed by atoms with van der Waals surface area (Å²) in [5, 5.41) is 24.0. The molecule has 2 aromatic heterocycles. The maximum Gasteiger partial charge on any atom is 0.339 e. The van der Waals surface area contributed by atoms with Crippen LogP contribution in [0.4, 0.5) is 5.82 Å². The van der Waals surface area contributed by atoms with E-state index in [9.17, 15) is 19.8 Å². The predicted octanol–water partition coefficient (Wildman–Crippen LogP) is 4.18. The van der Waals surface area contributed by atoms with E-state index < -0.39 is 18.0 Å². The molecule has 0 saturated carbocycles. The number of aromatic nitrogens is 2. The lowest BCUT2D eigenvalue weighted by molar-refractivity contribution is -0.137. The van der Waals surface area contributed by atoms with E-state index in [4.69, 9.17) is 16.3 Å². The highest BCUT2D eigenvalue weighted by molar-refractivity contribution is 6.31. The molecule has 4 aromatic rings. The maximum atomic E-state index is 12.0. The van der Waals surface area contributed by atoms with E-state index in [-0.39, 0.29) is 17.8 Å². The summed E-state index contributed by atoms with van der Waals surface area (Å²) in [6.45, 7) is 0. The molecule has 0 saturated heterocycles. The number of rotatable bonds is 7. The van der Waals surface area contributed by atoms with Crippen LogP contribution in [0.15, 0.2) is 48.7 Å². The van der Waals surface area contributed by atoms with Crippen LogP contribution in [-0.2, 0) is 11.2 Å². The highest BCUT2D eigenvalue weighted by Gasteiger charge is 2.23. The van der Waals surface area contributed by atoms with E-state index in [1.54, 1.807) is 37.6 Å². The average molecular weight is 440 g/mol. The van der Waals surface area contributed by atoms with Gasteiger partial charge in [-0.2, -0.15) is 0 Å². The fourth-order valence-corrected chi connectivity index (χ4v) is 3.64. The fraction of sp³-hybridized carbons (Fsp3) is 0.136. The number of carboxylic acid groups (broad SMARTS) is 2. The first kappa shape index (κ1) is 20.5. The van der Waals surface area contributed by atoms with E-state index in [1.165, 1.54) is 6.07 Å². The van der Waals surface area contributed by atoms with Crippen molar-refractivity contribution in [3.8, 4) is 5.75 Å². The number of ether oxygens (including phenoxy) is 1. The number of fused-ring (bicyclic) bond motifs is 2. The molecule has 4 rings (SSSR count). The summed E-state index contributed by atoms with van der Waals surface area (Å²) in [5.41, 5.74) is 1.95. The Labute approximate surface area is 181 Å². The Morgan fingerprint density at radius 3 is 2.71 bits per heavy atom. The molecular formula is C22H18ClN3O5. The van der Waals surface area contributed by atoms with Crippen LogP contribution in [0, 0.1) is 0 Å². The summed E-state index contributed by atoms with van der Waals surface area (Å²) in [4.78, 5) is 31.2. The van der Waals surface area contributed by atoms with Crippen molar-refractivity contribution in [1.82, 2.24) is 9.97 Å². The van der Waals surface area contributed by atoms with Gasteiger partial charge in [0.1, 0.15) is 23.2 Å². The van der Waals surface area contributed by atoms with Crippen LogP contribution in [0.3, 0.4) is 0 Å². The topological polar surface area (TPSA) is 125 Å². The monoisotopic (exact) mass is 439 g/mol. The van der Waals surface area contributed by atoms with Gasteiger partial charge in [-0.1, -0.05) is 11.6 Å². The summed E-state index contributed by atoms with van der Waals surface area (Å²) in [6, 6.07) is 10.7. The molecule has 0 aliphatic heterocycles. The van der Waals surface area contributed by atoms with E-state index in [1.807, 2.05) is 12.1 Å². The van der Waals surface area contributed by atoms with Crippen LogP contribution in [0.25, 0.3) is 21.8 Å². The number of hydrogen-bond acceptors (Lipinski definition) is 5. The first-order valence-electron chi connectivity index (χ1n) is 9.32. The van der Waals surface area contributed by atoms with Gasteiger partial charge in [0.15, 0.2) is 0 Å². The normalized spacial score (nSPS) is 12.1. The number of pyridine rings is 1. The second-order valence-corrected chi connectivity index (χ2v) is 7.43. The van der Waals surface area contributed by atoms with Crippen molar-refractivity contribution in [1.29, 1.82) is 0 Å². The number of benzene rings is 2. The second kappa shape index (κ2) is 8.16. The summed E-state index contributed by atoms with van der Waals surface area (Å²) in [5.74, 6) is -1.73. The number of anilines is 1. The van der Waals surface area contributed by atoms with Gasteiger partial charge in [-0.05, 0) is 48.0 Å². The molecule has 0 amide bonds. The predicted molar refractivity (Wildman–Crippen MR) is 117 cm³/mol. The molecule has 0 radical (unpaired) electrons. The largest absolute Gasteiger partial charge is 0.497 e. The van der Waals surface area contributed by atoms with Crippen molar-refractivity contribution >= 4 is 51.2 Å². The number of methoxy groups -OCH3 is 1. The Morgan fingerprint density at radius 1 is 1.19 bits per heavy atom. The maximum absolute atomic E-state index is 12.0. The molecule has 0 aliphatic rings. The highest BCUT2D eigenvalue weighted by Crippen LogP contribution is 2.27. The van der Waals surface area contributed by atoms with Crippen molar-refractivity contribution in [2.75, 3.05) is 12.4 Å². The van der Waals surface area contributed by atoms with Crippen LogP contribution >= 0.6 is 11.6 Å². The van der Waals surface area contributed by atoms with Crippen molar-refractivity contribution in [3.63, 3.8) is 0 Å². The molecule has 0 spiro atoms. The number of H-pyrrole nitrogens is 1. The third-order valence-corrected chi connectivity index (χ3v) is 5.25. The number of aliphatic carboxylic acids is 1. The summed E-state index contributed by atoms with van der Waals surface area (Å²) in [6.07, 6.45) is 1.83. The van der Waals surface area contributed by atoms with Crippen molar-refractivity contribution < 1.29 is 24.5 Å². The SMILES string of the molecule is COc1ccc2[nH]cc(CC(Nc3nc4ccc(Cl)cc4cc3C(=O)O)C(=O)O)c2c1. The lowest BCUT2D eigenvalue weighted by Gasteiger charge is -2.17. The van der Waals surface area contributed by atoms with E-state index in [2.05, 4.69) is 15.3 Å². The zero-order valence-corrected chi connectivity index (χ0v) is 17.1. The third-order valence-electron chi connectivity index (χ3n) is 5.01. The average Bonchev–Trinajstić information content (AvgIpc) is 3.14. The summed E-state index contributed by atoms with van der Waals surface area (Å²) >= 11 is 5.98. The number of carbonyl (C=O) groups is 2. The molecule has 4 N–H and O–H groups in total. The first-order chi connectivity index (χ1) is 14.9. The first-order valence-corrected chi connectivity index (χ1v) is 9.70. The molecule has 31 heavy (non-hydrogen) atoms. The van der Waals surface area contributed by atoms with Gasteiger partial charge in [-0.3, -0.25) is 0 Å². The fourth-order valence-electron chi connectivity index (χ4n) is 3.46. The lowest BCUT2D eigenvalue weighted by Crippen LogP contribution is -2.32. The quantitative estimate of drug-likeness (QED) is 0.340. The molecule has 1 atom stereocenters. The van der Waals surface area contributed by atoms with Gasteiger partial charge in [0.05, 0.1) is 12.6 Å². The van der Waals surface area contributed by atoms with Crippen molar-refractivity contribution in [3.05, 3.63) is 64.8 Å². The number of hydrogen-bond donors (Lipinski definition) is 4. The number of halogens is 1. The molecular weight excluding hydrogens is 422 g/mol. The van der Waals surface area contributed by atoms with Crippen LogP contribution in [0.2, 0.25) is 5.02 Å². The molecule has 0 aliphatic carbocycles. The standard InChI is InChI=1S/C22H18ClN3O5/c1-31-14-3-5-18-15(9-14)12(10-24-18)8-19(22(29)30)26-20-16(21(27)28)7-11-6-13(23)2-4-17(11)25-20/h2-7,9-10,19,24H,8H2,1H3,(H,25,26)(H,27,28)(H,29,30). The van der Waals surface area contributed by atoms with Crippen LogP contribution in [-0.4, -0.2) is 45.3 Å². The number of aromatic amines is 1.